The molecule has 0 radical (unpaired) electrons. The Morgan fingerprint density at radius 3 is 2.02 bits per heavy atom. The summed E-state index contributed by atoms with van der Waals surface area (Å²) in [5.41, 5.74) is 14.7. The SMILES string of the molecule is Cc1cc[c-]c2c(-c3nc4c(-c5cccc(-c6[c-]ccc(-c7ccccc7)c6)n5)cccc4n3-c3ccc(C(C)(C)C)cc3-c3ccccc3)cccc12.[Pt+2]. The summed E-state index contributed by atoms with van der Waals surface area (Å²) < 4.78 is 2.35. The minimum atomic E-state index is -0.0219. The van der Waals surface area contributed by atoms with E-state index >= 15 is 0 Å². The van der Waals surface area contributed by atoms with Crippen molar-refractivity contribution in [2.75, 3.05) is 0 Å². The van der Waals surface area contributed by atoms with Gasteiger partial charge >= 0.3 is 21.1 Å². The van der Waals surface area contributed by atoms with Crippen molar-refractivity contribution in [1.82, 2.24) is 14.5 Å². The number of benzene rings is 7. The van der Waals surface area contributed by atoms with E-state index in [0.29, 0.717) is 0 Å². The topological polar surface area (TPSA) is 30.7 Å². The van der Waals surface area contributed by atoms with Crippen LogP contribution in [0.3, 0.4) is 0 Å². The van der Waals surface area contributed by atoms with E-state index in [4.69, 9.17) is 9.97 Å². The van der Waals surface area contributed by atoms with E-state index < -0.39 is 0 Å². The summed E-state index contributed by atoms with van der Waals surface area (Å²) in [6.07, 6.45) is 0. The predicted molar refractivity (Wildman–Crippen MR) is 225 cm³/mol. The summed E-state index contributed by atoms with van der Waals surface area (Å²) in [4.78, 5) is 10.8. The first-order chi connectivity index (χ1) is 26.3. The molecule has 0 N–H and O–H groups in total. The zero-order valence-corrected chi connectivity index (χ0v) is 33.5. The van der Waals surface area contributed by atoms with Crippen molar-refractivity contribution in [3.8, 4) is 61.8 Å². The standard InChI is InChI=1S/C51H39N3.Pt/c1-34-16-11-24-41-40(34)23-13-25-42(41)50-53-49-43(46-28-15-27-45(52-46)38-22-12-21-37(32-38)35-17-7-5-8-18-35)26-14-29-48(49)54(50)47-31-30-39(51(2,3)4)33-44(47)36-19-9-6-10-20-36;/h5-21,23,25-33H,1-4H3;/q-2;+2. The summed E-state index contributed by atoms with van der Waals surface area (Å²) in [5.74, 6) is 0.866. The predicted octanol–water partition coefficient (Wildman–Crippen LogP) is 13.1. The number of hydrogen-bond donors (Lipinski definition) is 0. The van der Waals surface area contributed by atoms with Crippen LogP contribution in [0, 0.1) is 19.1 Å². The van der Waals surface area contributed by atoms with Gasteiger partial charge in [0.05, 0.1) is 22.4 Å². The molecule has 0 aliphatic rings. The van der Waals surface area contributed by atoms with Crippen LogP contribution in [-0.2, 0) is 26.5 Å². The van der Waals surface area contributed by atoms with Crippen LogP contribution in [0.2, 0.25) is 0 Å². The molecule has 0 aliphatic carbocycles. The van der Waals surface area contributed by atoms with Gasteiger partial charge < -0.3 is 0 Å². The maximum absolute atomic E-state index is 5.57. The number of rotatable bonds is 6. The van der Waals surface area contributed by atoms with Gasteiger partial charge in [0.1, 0.15) is 5.82 Å². The van der Waals surface area contributed by atoms with E-state index in [1.54, 1.807) is 0 Å². The van der Waals surface area contributed by atoms with Crippen LogP contribution in [0.1, 0.15) is 31.9 Å². The van der Waals surface area contributed by atoms with Crippen LogP contribution in [0.15, 0.2) is 164 Å². The summed E-state index contributed by atoms with van der Waals surface area (Å²) >= 11 is 0. The van der Waals surface area contributed by atoms with Crippen LogP contribution < -0.4 is 0 Å². The average molecular weight is 889 g/mol. The Hall–Kier alpha value is -5.89. The van der Waals surface area contributed by atoms with Gasteiger partial charge in [-0.05, 0) is 52.1 Å². The van der Waals surface area contributed by atoms with Gasteiger partial charge in [0.15, 0.2) is 0 Å². The second-order valence-corrected chi connectivity index (χ2v) is 14.9. The Labute approximate surface area is 337 Å². The Morgan fingerprint density at radius 1 is 0.545 bits per heavy atom. The van der Waals surface area contributed by atoms with E-state index in [2.05, 4.69) is 190 Å². The van der Waals surface area contributed by atoms with E-state index in [-0.39, 0.29) is 26.5 Å². The molecule has 9 aromatic rings. The van der Waals surface area contributed by atoms with Gasteiger partial charge in [-0.25, -0.2) is 4.98 Å². The molecular formula is C51H39N3Pt. The molecule has 0 fully saturated rings. The van der Waals surface area contributed by atoms with Gasteiger partial charge in [0.25, 0.3) is 0 Å². The fourth-order valence-corrected chi connectivity index (χ4v) is 7.50. The second-order valence-electron chi connectivity index (χ2n) is 14.9. The third-order valence-corrected chi connectivity index (χ3v) is 10.4. The number of fused-ring (bicyclic) bond motifs is 2. The summed E-state index contributed by atoms with van der Waals surface area (Å²) in [5, 5.41) is 2.22. The molecule has 3 nitrogen and oxygen atoms in total. The van der Waals surface area contributed by atoms with Crippen LogP contribution in [0.5, 0.6) is 0 Å². The van der Waals surface area contributed by atoms with Crippen LogP contribution in [-0.4, -0.2) is 14.5 Å². The van der Waals surface area contributed by atoms with Crippen molar-refractivity contribution >= 4 is 21.8 Å². The molecule has 4 heteroatoms. The maximum Gasteiger partial charge on any atom is 2.00 e. The molecule has 0 amide bonds. The van der Waals surface area contributed by atoms with Crippen molar-refractivity contribution in [3.05, 3.63) is 187 Å². The molecule has 0 saturated carbocycles. The van der Waals surface area contributed by atoms with Crippen molar-refractivity contribution < 1.29 is 21.1 Å². The number of pyridine rings is 1. The van der Waals surface area contributed by atoms with Gasteiger partial charge in [0, 0.05) is 11.1 Å². The first-order valence-electron chi connectivity index (χ1n) is 18.5. The van der Waals surface area contributed by atoms with Gasteiger partial charge in [-0.1, -0.05) is 142 Å². The normalized spacial score (nSPS) is 11.5. The molecule has 0 atom stereocenters. The molecule has 2 heterocycles. The molecule has 0 unspecified atom stereocenters. The first-order valence-corrected chi connectivity index (χ1v) is 18.5. The smallest absolute Gasteiger partial charge is 0.299 e. The Morgan fingerprint density at radius 2 is 1.24 bits per heavy atom. The third kappa shape index (κ3) is 6.75. The number of aryl methyl sites for hydroxylation is 1. The van der Waals surface area contributed by atoms with Crippen molar-refractivity contribution in [2.45, 2.75) is 33.1 Å². The minimum absolute atomic E-state index is 0. The molecule has 9 rings (SSSR count). The number of nitrogens with zero attached hydrogens (tertiary/aromatic N) is 3. The molecule has 0 bridgehead atoms. The van der Waals surface area contributed by atoms with Gasteiger partial charge in [-0.15, -0.1) is 69.9 Å². The number of para-hydroxylation sites is 1. The minimum Gasteiger partial charge on any atom is -0.299 e. The van der Waals surface area contributed by atoms with Crippen molar-refractivity contribution in [1.29, 1.82) is 0 Å². The Balaban J connectivity index is 0.00000427. The average Bonchev–Trinajstić information content (AvgIpc) is 3.60. The maximum atomic E-state index is 5.57. The van der Waals surface area contributed by atoms with Crippen LogP contribution in [0.4, 0.5) is 0 Å². The Kier molecular flexibility index (Phi) is 9.67. The van der Waals surface area contributed by atoms with Gasteiger partial charge in [0.2, 0.25) is 0 Å². The van der Waals surface area contributed by atoms with Gasteiger partial charge in [-0.2, -0.15) is 0 Å². The molecule has 2 aromatic heterocycles. The van der Waals surface area contributed by atoms with E-state index in [0.717, 1.165) is 78.3 Å². The third-order valence-electron chi connectivity index (χ3n) is 10.4. The zero-order chi connectivity index (χ0) is 36.8. The van der Waals surface area contributed by atoms with E-state index in [9.17, 15) is 0 Å². The first kappa shape index (κ1) is 36.1. The molecule has 0 spiro atoms. The molecule has 55 heavy (non-hydrogen) atoms. The van der Waals surface area contributed by atoms with E-state index in [1.165, 1.54) is 16.5 Å². The molecule has 7 aromatic carbocycles. The molecule has 0 aliphatic heterocycles. The second kappa shape index (κ2) is 14.7. The molecule has 268 valence electrons. The zero-order valence-electron chi connectivity index (χ0n) is 31.2. The number of aromatic nitrogens is 3. The van der Waals surface area contributed by atoms with Crippen LogP contribution >= 0.6 is 0 Å². The van der Waals surface area contributed by atoms with Crippen molar-refractivity contribution in [2.24, 2.45) is 0 Å². The number of hydrogen-bond acceptors (Lipinski definition) is 2. The Bertz CT molecular complexity index is 2810. The summed E-state index contributed by atoms with van der Waals surface area (Å²) in [7, 11) is 0. The fraction of sp³-hybridized carbons (Fsp3) is 0.0980. The van der Waals surface area contributed by atoms with Crippen LogP contribution in [0.25, 0.3) is 83.6 Å². The van der Waals surface area contributed by atoms with E-state index in [1.807, 2.05) is 18.2 Å². The quantitative estimate of drug-likeness (QED) is 0.156. The van der Waals surface area contributed by atoms with Gasteiger partial charge in [-0.3, -0.25) is 9.55 Å². The number of imidazole rings is 1. The monoisotopic (exact) mass is 888 g/mol. The summed E-state index contributed by atoms with van der Waals surface area (Å²) in [6, 6.07) is 64.6. The summed E-state index contributed by atoms with van der Waals surface area (Å²) in [6.45, 7) is 8.97. The largest absolute Gasteiger partial charge is 2.00 e. The molecular weight excluding hydrogens is 850 g/mol. The fourth-order valence-electron chi connectivity index (χ4n) is 7.50. The molecule has 0 saturated heterocycles. The van der Waals surface area contributed by atoms with Crippen molar-refractivity contribution in [3.63, 3.8) is 0 Å².